The third kappa shape index (κ3) is 2.30. The van der Waals surface area contributed by atoms with Gasteiger partial charge in [0.2, 0.25) is 0 Å². The van der Waals surface area contributed by atoms with Gasteiger partial charge >= 0.3 is 0 Å². The summed E-state index contributed by atoms with van der Waals surface area (Å²) in [4.78, 5) is 0. The molecule has 2 heterocycles. The van der Waals surface area contributed by atoms with Gasteiger partial charge in [0.15, 0.2) is 0 Å². The Morgan fingerprint density at radius 1 is 1.27 bits per heavy atom. The zero-order valence-corrected chi connectivity index (χ0v) is 8.28. The van der Waals surface area contributed by atoms with Crippen molar-refractivity contribution in [1.82, 2.24) is 0 Å². The van der Waals surface area contributed by atoms with Crippen molar-refractivity contribution in [2.45, 2.75) is 30.5 Å². The lowest BCUT2D eigenvalue weighted by Gasteiger charge is -2.17. The number of hydrogen-bond donors (Lipinski definition) is 3. The molecule has 0 aromatic carbocycles. The number of aliphatic hydroxyl groups excluding tert-OH is 3. The Kier molecular flexibility index (Phi) is 3.55. The van der Waals surface area contributed by atoms with Gasteiger partial charge in [-0.25, -0.2) is 0 Å². The highest BCUT2D eigenvalue weighted by Crippen LogP contribution is 2.28. The van der Waals surface area contributed by atoms with Crippen LogP contribution in [-0.2, 0) is 14.2 Å². The number of aliphatic hydroxyl groups is 3. The molecule has 6 nitrogen and oxygen atoms in total. The zero-order valence-electron chi connectivity index (χ0n) is 8.28. The van der Waals surface area contributed by atoms with Crippen molar-refractivity contribution >= 4 is 0 Å². The summed E-state index contributed by atoms with van der Waals surface area (Å²) < 4.78 is 16.0. The van der Waals surface area contributed by atoms with Crippen molar-refractivity contribution < 1.29 is 29.5 Å². The van der Waals surface area contributed by atoms with Gasteiger partial charge in [0, 0.05) is 0 Å². The van der Waals surface area contributed by atoms with Gasteiger partial charge < -0.3 is 29.5 Å². The lowest BCUT2D eigenvalue weighted by molar-refractivity contribution is -0.0711. The van der Waals surface area contributed by atoms with Gasteiger partial charge in [-0.05, 0) is 0 Å². The third-order valence-corrected chi connectivity index (χ3v) is 2.70. The molecule has 6 heteroatoms. The average molecular weight is 220 g/mol. The first-order valence-corrected chi connectivity index (χ1v) is 5.04. The van der Waals surface area contributed by atoms with E-state index in [0.29, 0.717) is 6.61 Å². The molecule has 88 valence electrons. The second-order valence-corrected chi connectivity index (χ2v) is 3.87. The van der Waals surface area contributed by atoms with E-state index < -0.39 is 12.2 Å². The van der Waals surface area contributed by atoms with Crippen molar-refractivity contribution in [1.29, 1.82) is 0 Å². The fourth-order valence-corrected chi connectivity index (χ4v) is 1.87. The number of ether oxygens (including phenoxy) is 3. The monoisotopic (exact) mass is 220 g/mol. The molecule has 0 amide bonds. The molecule has 2 aliphatic rings. The maximum Gasteiger partial charge on any atom is 0.115 e. The maximum absolute atomic E-state index is 9.45. The molecule has 5 atom stereocenters. The van der Waals surface area contributed by atoms with Crippen LogP contribution in [0.5, 0.6) is 0 Å². The second-order valence-electron chi connectivity index (χ2n) is 3.87. The summed E-state index contributed by atoms with van der Waals surface area (Å²) in [6.45, 7) is 0.334. The van der Waals surface area contributed by atoms with E-state index in [1.807, 2.05) is 0 Å². The van der Waals surface area contributed by atoms with E-state index in [1.165, 1.54) is 0 Å². The minimum atomic E-state index is -0.879. The van der Waals surface area contributed by atoms with Gasteiger partial charge in [-0.3, -0.25) is 0 Å². The minimum Gasteiger partial charge on any atom is -0.394 e. The third-order valence-electron chi connectivity index (χ3n) is 2.70. The number of rotatable bonds is 4. The fourth-order valence-electron chi connectivity index (χ4n) is 1.87. The van der Waals surface area contributed by atoms with Gasteiger partial charge in [0.05, 0.1) is 26.4 Å². The molecule has 0 bridgehead atoms. The average Bonchev–Trinajstić information content (AvgIpc) is 2.79. The highest BCUT2D eigenvalue weighted by Gasteiger charge is 2.47. The summed E-state index contributed by atoms with van der Waals surface area (Å²) in [5, 5.41) is 27.2. The van der Waals surface area contributed by atoms with E-state index in [9.17, 15) is 5.11 Å². The molecule has 3 N–H and O–H groups in total. The number of fused-ring (bicyclic) bond motifs is 1. The molecule has 0 aromatic heterocycles. The van der Waals surface area contributed by atoms with Crippen molar-refractivity contribution in [2.75, 3.05) is 26.4 Å². The van der Waals surface area contributed by atoms with Crippen molar-refractivity contribution in [3.63, 3.8) is 0 Å². The molecule has 2 aliphatic heterocycles. The quantitative estimate of drug-likeness (QED) is 0.502. The van der Waals surface area contributed by atoms with Gasteiger partial charge in [-0.15, -0.1) is 0 Å². The summed E-state index contributed by atoms with van der Waals surface area (Å²) >= 11 is 0. The van der Waals surface area contributed by atoms with Gasteiger partial charge in [-0.2, -0.15) is 0 Å². The predicted molar refractivity (Wildman–Crippen MR) is 48.3 cm³/mol. The van der Waals surface area contributed by atoms with Crippen LogP contribution in [-0.4, -0.2) is 72.3 Å². The van der Waals surface area contributed by atoms with E-state index in [1.54, 1.807) is 0 Å². The maximum atomic E-state index is 9.45. The minimum absolute atomic E-state index is 0.0488. The Morgan fingerprint density at radius 3 is 2.73 bits per heavy atom. The molecule has 0 spiro atoms. The highest BCUT2D eigenvalue weighted by molar-refractivity contribution is 4.94. The van der Waals surface area contributed by atoms with Crippen molar-refractivity contribution in [3.8, 4) is 0 Å². The molecular weight excluding hydrogens is 204 g/mol. The van der Waals surface area contributed by atoms with Crippen LogP contribution in [0.25, 0.3) is 0 Å². The summed E-state index contributed by atoms with van der Waals surface area (Å²) in [5.41, 5.74) is 0. The van der Waals surface area contributed by atoms with Gasteiger partial charge in [-0.1, -0.05) is 0 Å². The molecule has 2 fully saturated rings. The van der Waals surface area contributed by atoms with E-state index >= 15 is 0 Å². The standard InChI is InChI=1S/C9H16O6/c10-1-5(11)2-13-7-4-15-8-6(12)3-14-9(7)8/h5-12H,1-4H2/t5?,6-,7+,8-,9-/m1/s1. The molecule has 0 radical (unpaired) electrons. The summed E-state index contributed by atoms with van der Waals surface area (Å²) in [5.74, 6) is 0. The predicted octanol–water partition coefficient (Wildman–Crippen LogP) is -2.12. The van der Waals surface area contributed by atoms with Crippen LogP contribution in [0, 0.1) is 0 Å². The van der Waals surface area contributed by atoms with Crippen molar-refractivity contribution in [2.24, 2.45) is 0 Å². The topological polar surface area (TPSA) is 88.4 Å². The zero-order chi connectivity index (χ0) is 10.8. The molecule has 0 aromatic rings. The van der Waals surface area contributed by atoms with Gasteiger partial charge in [0.25, 0.3) is 0 Å². The molecule has 0 aliphatic carbocycles. The van der Waals surface area contributed by atoms with Crippen LogP contribution in [0.15, 0.2) is 0 Å². The Labute approximate surface area is 87.4 Å². The van der Waals surface area contributed by atoms with E-state index in [4.69, 9.17) is 24.4 Å². The van der Waals surface area contributed by atoms with Gasteiger partial charge in [0.1, 0.15) is 30.5 Å². The Hall–Kier alpha value is -0.240. The first-order chi connectivity index (χ1) is 7.22. The van der Waals surface area contributed by atoms with Crippen LogP contribution >= 0.6 is 0 Å². The van der Waals surface area contributed by atoms with Crippen LogP contribution in [0.2, 0.25) is 0 Å². The highest BCUT2D eigenvalue weighted by atomic mass is 16.6. The molecule has 2 saturated heterocycles. The van der Waals surface area contributed by atoms with Crippen molar-refractivity contribution in [3.05, 3.63) is 0 Å². The Bertz CT molecular complexity index is 211. The van der Waals surface area contributed by atoms with E-state index in [2.05, 4.69) is 0 Å². The summed E-state index contributed by atoms with van der Waals surface area (Å²) in [7, 11) is 0. The number of hydrogen-bond acceptors (Lipinski definition) is 6. The van der Waals surface area contributed by atoms with Crippen LogP contribution in [0.4, 0.5) is 0 Å². The molecule has 15 heavy (non-hydrogen) atoms. The van der Waals surface area contributed by atoms with Crippen LogP contribution < -0.4 is 0 Å². The lowest BCUT2D eigenvalue weighted by Crippen LogP contribution is -2.35. The normalized spacial score (nSPS) is 41.8. The summed E-state index contributed by atoms with van der Waals surface area (Å²) in [6, 6.07) is 0. The molecule has 2 rings (SSSR count). The fraction of sp³-hybridized carbons (Fsp3) is 1.00. The Balaban J connectivity index is 1.80. The molecular formula is C9H16O6. The SMILES string of the molecule is OCC(O)CO[C@H]1CO[C@H]2[C@@H]1OC[C@H]2O. The lowest BCUT2D eigenvalue weighted by atomic mass is 10.1. The van der Waals surface area contributed by atoms with E-state index in [-0.39, 0.29) is 38.1 Å². The second kappa shape index (κ2) is 4.73. The van der Waals surface area contributed by atoms with Crippen LogP contribution in [0.3, 0.4) is 0 Å². The van der Waals surface area contributed by atoms with Crippen LogP contribution in [0.1, 0.15) is 0 Å². The summed E-state index contributed by atoms with van der Waals surface area (Å²) in [6.07, 6.45) is -2.32. The first-order valence-electron chi connectivity index (χ1n) is 5.04. The first kappa shape index (κ1) is 11.3. The molecule has 0 saturated carbocycles. The molecule has 1 unspecified atom stereocenters. The van der Waals surface area contributed by atoms with E-state index in [0.717, 1.165) is 0 Å². The largest absolute Gasteiger partial charge is 0.394 e. The smallest absolute Gasteiger partial charge is 0.115 e. The Morgan fingerprint density at radius 2 is 2.00 bits per heavy atom.